The van der Waals surface area contributed by atoms with Crippen molar-refractivity contribution in [1.82, 2.24) is 0 Å². The van der Waals surface area contributed by atoms with Crippen LogP contribution in [0.15, 0.2) is 53.4 Å². The highest BCUT2D eigenvalue weighted by atomic mass is 32.2. The Morgan fingerprint density at radius 3 is 2.08 bits per heavy atom. The fourth-order valence-electron chi connectivity index (χ4n) is 2.03. The van der Waals surface area contributed by atoms with E-state index >= 15 is 0 Å². The first kappa shape index (κ1) is 18.9. The van der Waals surface area contributed by atoms with Crippen LogP contribution in [0.4, 0.5) is 0 Å². The van der Waals surface area contributed by atoms with E-state index in [0.29, 0.717) is 6.61 Å². The molecule has 0 saturated carbocycles. The first-order valence-electron chi connectivity index (χ1n) is 7.84. The summed E-state index contributed by atoms with van der Waals surface area (Å²) in [5, 5.41) is 0. The Labute approximate surface area is 145 Å². The third-order valence-corrected chi connectivity index (χ3v) is 5.64. The van der Waals surface area contributed by atoms with Gasteiger partial charge < -0.3 is 4.43 Å². The molecule has 0 unspecified atom stereocenters. The Kier molecular flexibility index (Phi) is 5.98. The van der Waals surface area contributed by atoms with E-state index in [9.17, 15) is 8.42 Å². The molecule has 2 rings (SSSR count). The summed E-state index contributed by atoms with van der Waals surface area (Å²) >= 11 is 0. The minimum atomic E-state index is -3.75. The lowest BCUT2D eigenvalue weighted by Gasteiger charge is -2.17. The van der Waals surface area contributed by atoms with Crippen molar-refractivity contribution in [3.63, 3.8) is 0 Å². The molecule has 0 atom stereocenters. The summed E-state index contributed by atoms with van der Waals surface area (Å²) in [4.78, 5) is 0.173. The summed E-state index contributed by atoms with van der Waals surface area (Å²) in [7, 11) is -5.33. The molecule has 0 fully saturated rings. The number of rotatable bonds is 7. The van der Waals surface area contributed by atoms with E-state index in [-0.39, 0.29) is 11.5 Å². The van der Waals surface area contributed by atoms with Crippen molar-refractivity contribution in [2.75, 3.05) is 0 Å². The fraction of sp³-hybridized carbons (Fsp3) is 0.333. The SMILES string of the molecule is Cc1ccc(S(=O)(=O)OCc2cccc(CO[Si](C)(C)C)c2)cc1. The molecule has 6 heteroatoms. The summed E-state index contributed by atoms with van der Waals surface area (Å²) in [6.07, 6.45) is 0. The summed E-state index contributed by atoms with van der Waals surface area (Å²) in [6, 6.07) is 14.3. The molecule has 2 aromatic carbocycles. The predicted molar refractivity (Wildman–Crippen MR) is 97.7 cm³/mol. The zero-order chi connectivity index (χ0) is 17.8. The molecule has 24 heavy (non-hydrogen) atoms. The van der Waals surface area contributed by atoms with Crippen molar-refractivity contribution < 1.29 is 17.0 Å². The van der Waals surface area contributed by atoms with Gasteiger partial charge in [0.15, 0.2) is 8.32 Å². The lowest BCUT2D eigenvalue weighted by atomic mass is 10.1. The van der Waals surface area contributed by atoms with Crippen LogP contribution >= 0.6 is 0 Å². The van der Waals surface area contributed by atoms with Gasteiger partial charge in [-0.15, -0.1) is 0 Å². The van der Waals surface area contributed by atoms with Crippen molar-refractivity contribution in [3.05, 3.63) is 65.2 Å². The molecular formula is C18H24O4SSi. The quantitative estimate of drug-likeness (QED) is 0.544. The van der Waals surface area contributed by atoms with E-state index in [0.717, 1.165) is 16.7 Å². The van der Waals surface area contributed by atoms with Gasteiger partial charge in [0.1, 0.15) is 0 Å². The average Bonchev–Trinajstić information content (AvgIpc) is 2.51. The van der Waals surface area contributed by atoms with E-state index < -0.39 is 18.4 Å². The Balaban J connectivity index is 2.02. The summed E-state index contributed by atoms with van der Waals surface area (Å²) in [6.45, 7) is 8.85. The van der Waals surface area contributed by atoms with Gasteiger partial charge >= 0.3 is 0 Å². The maximum absolute atomic E-state index is 12.2. The molecule has 0 saturated heterocycles. The smallest absolute Gasteiger partial charge is 0.297 e. The van der Waals surface area contributed by atoms with E-state index in [2.05, 4.69) is 19.6 Å². The molecule has 0 radical (unpaired) electrons. The molecule has 0 N–H and O–H groups in total. The van der Waals surface area contributed by atoms with Crippen LogP contribution in [-0.2, 0) is 31.9 Å². The van der Waals surface area contributed by atoms with Gasteiger partial charge in [0.05, 0.1) is 18.1 Å². The van der Waals surface area contributed by atoms with E-state index in [1.54, 1.807) is 24.3 Å². The second-order valence-electron chi connectivity index (χ2n) is 6.75. The van der Waals surface area contributed by atoms with Crippen LogP contribution in [0.1, 0.15) is 16.7 Å². The van der Waals surface area contributed by atoms with Crippen molar-refractivity contribution in [2.24, 2.45) is 0 Å². The molecular weight excluding hydrogens is 340 g/mol. The van der Waals surface area contributed by atoms with E-state index in [4.69, 9.17) is 8.61 Å². The van der Waals surface area contributed by atoms with Crippen molar-refractivity contribution in [3.8, 4) is 0 Å². The van der Waals surface area contributed by atoms with E-state index in [1.165, 1.54) is 0 Å². The highest BCUT2D eigenvalue weighted by Gasteiger charge is 2.16. The maximum atomic E-state index is 12.2. The molecule has 4 nitrogen and oxygen atoms in total. The Hall–Kier alpha value is -1.47. The number of hydrogen-bond donors (Lipinski definition) is 0. The zero-order valence-corrected chi connectivity index (χ0v) is 16.4. The summed E-state index contributed by atoms with van der Waals surface area (Å²) < 4.78 is 35.5. The van der Waals surface area contributed by atoms with Gasteiger partial charge in [-0.25, -0.2) is 0 Å². The van der Waals surface area contributed by atoms with Gasteiger partial charge in [-0.1, -0.05) is 42.0 Å². The highest BCUT2D eigenvalue weighted by Crippen LogP contribution is 2.17. The standard InChI is InChI=1S/C18H24O4SSi/c1-15-8-10-18(11-9-15)23(19,20)21-13-16-6-5-7-17(12-16)14-22-24(2,3)4/h5-12H,13-14H2,1-4H3. The second kappa shape index (κ2) is 7.61. The monoisotopic (exact) mass is 364 g/mol. The van der Waals surface area contributed by atoms with Crippen LogP contribution in [0.5, 0.6) is 0 Å². The number of aryl methyl sites for hydroxylation is 1. The molecule has 2 aromatic rings. The minimum absolute atomic E-state index is 0.0109. The zero-order valence-electron chi connectivity index (χ0n) is 14.6. The normalized spacial score (nSPS) is 12.3. The predicted octanol–water partition coefficient (Wildman–Crippen LogP) is 4.25. The lowest BCUT2D eigenvalue weighted by molar-refractivity contribution is 0.296. The molecule has 0 spiro atoms. The van der Waals surface area contributed by atoms with Gasteiger partial charge in [0.25, 0.3) is 10.1 Å². The van der Waals surface area contributed by atoms with Gasteiger partial charge in [-0.3, -0.25) is 4.18 Å². The van der Waals surface area contributed by atoms with Crippen LogP contribution in [0.2, 0.25) is 19.6 Å². The largest absolute Gasteiger partial charge is 0.413 e. The van der Waals surface area contributed by atoms with Crippen LogP contribution < -0.4 is 0 Å². The highest BCUT2D eigenvalue weighted by molar-refractivity contribution is 7.86. The molecule has 0 aliphatic rings. The van der Waals surface area contributed by atoms with E-state index in [1.807, 2.05) is 31.2 Å². The van der Waals surface area contributed by atoms with Gasteiger partial charge in [0.2, 0.25) is 0 Å². The topological polar surface area (TPSA) is 52.6 Å². The third-order valence-electron chi connectivity index (χ3n) is 3.35. The Morgan fingerprint density at radius 2 is 1.50 bits per heavy atom. The first-order valence-corrected chi connectivity index (χ1v) is 12.7. The Morgan fingerprint density at radius 1 is 0.917 bits per heavy atom. The van der Waals surface area contributed by atoms with Gasteiger partial charge in [-0.2, -0.15) is 8.42 Å². The molecule has 0 bridgehead atoms. The minimum Gasteiger partial charge on any atom is -0.413 e. The first-order chi connectivity index (χ1) is 11.2. The molecule has 0 aromatic heterocycles. The third kappa shape index (κ3) is 5.87. The summed E-state index contributed by atoms with van der Waals surface area (Å²) in [5.74, 6) is 0. The molecule has 0 aliphatic carbocycles. The van der Waals surface area contributed by atoms with Crippen molar-refractivity contribution >= 4 is 18.4 Å². The van der Waals surface area contributed by atoms with Crippen LogP contribution in [0, 0.1) is 6.92 Å². The molecule has 0 aliphatic heterocycles. The lowest BCUT2D eigenvalue weighted by Crippen LogP contribution is -2.24. The second-order valence-corrected chi connectivity index (χ2v) is 12.9. The maximum Gasteiger partial charge on any atom is 0.297 e. The van der Waals surface area contributed by atoms with Crippen molar-refractivity contribution in [1.29, 1.82) is 0 Å². The summed E-state index contributed by atoms with van der Waals surface area (Å²) in [5.41, 5.74) is 2.83. The van der Waals surface area contributed by atoms with Crippen LogP contribution in [0.3, 0.4) is 0 Å². The average molecular weight is 365 g/mol. The number of benzene rings is 2. The van der Waals surface area contributed by atoms with Gasteiger partial charge in [0, 0.05) is 0 Å². The van der Waals surface area contributed by atoms with Crippen LogP contribution in [0.25, 0.3) is 0 Å². The molecule has 0 heterocycles. The fourth-order valence-corrected chi connectivity index (χ4v) is 3.52. The molecule has 130 valence electrons. The van der Waals surface area contributed by atoms with Crippen LogP contribution in [-0.4, -0.2) is 16.7 Å². The number of hydrogen-bond acceptors (Lipinski definition) is 4. The Bertz CT molecular complexity index is 777. The van der Waals surface area contributed by atoms with Gasteiger partial charge in [-0.05, 0) is 49.8 Å². The molecule has 0 amide bonds. The van der Waals surface area contributed by atoms with Crippen molar-refractivity contribution in [2.45, 2.75) is 44.7 Å².